The molecule has 4 heteroatoms. The second kappa shape index (κ2) is 8.20. The van der Waals surface area contributed by atoms with Crippen molar-refractivity contribution in [3.63, 3.8) is 0 Å². The predicted octanol–water partition coefficient (Wildman–Crippen LogP) is 4.23. The van der Waals surface area contributed by atoms with Gasteiger partial charge in [0.15, 0.2) is 0 Å². The minimum absolute atomic E-state index is 0.252. The Morgan fingerprint density at radius 2 is 2.14 bits per heavy atom. The van der Waals surface area contributed by atoms with Crippen LogP contribution >= 0.6 is 11.6 Å². The van der Waals surface area contributed by atoms with Gasteiger partial charge in [0.25, 0.3) is 0 Å². The molecular weight excluding hydrogens is 282 g/mol. The fourth-order valence-corrected chi connectivity index (χ4v) is 2.71. The maximum Gasteiger partial charge on any atom is 0.110 e. The molecular formula is C17H24ClN3. The number of nitrogens with one attached hydrogen (secondary N) is 1. The summed E-state index contributed by atoms with van der Waals surface area (Å²) in [5, 5.41) is 4.39. The van der Waals surface area contributed by atoms with Crippen molar-refractivity contribution in [1.29, 1.82) is 0 Å². The normalized spacial score (nSPS) is 12.5. The van der Waals surface area contributed by atoms with Crippen molar-refractivity contribution in [2.75, 3.05) is 6.54 Å². The summed E-state index contributed by atoms with van der Waals surface area (Å²) in [5.74, 6) is 1.13. The summed E-state index contributed by atoms with van der Waals surface area (Å²) in [6, 6.07) is 8.35. The molecule has 0 amide bonds. The number of aryl methyl sites for hydroxylation is 1. The Kier molecular flexibility index (Phi) is 6.27. The van der Waals surface area contributed by atoms with Gasteiger partial charge in [-0.05, 0) is 37.1 Å². The van der Waals surface area contributed by atoms with Gasteiger partial charge in [-0.3, -0.25) is 0 Å². The van der Waals surface area contributed by atoms with E-state index in [1.165, 1.54) is 5.56 Å². The molecule has 0 saturated heterocycles. The van der Waals surface area contributed by atoms with E-state index in [4.69, 9.17) is 11.6 Å². The molecule has 0 aliphatic carbocycles. The predicted molar refractivity (Wildman–Crippen MR) is 88.7 cm³/mol. The van der Waals surface area contributed by atoms with E-state index in [9.17, 15) is 0 Å². The zero-order valence-electron chi connectivity index (χ0n) is 12.8. The second-order valence-corrected chi connectivity index (χ2v) is 5.74. The molecule has 0 aliphatic rings. The van der Waals surface area contributed by atoms with Crippen LogP contribution in [0.4, 0.5) is 0 Å². The van der Waals surface area contributed by atoms with E-state index in [0.717, 1.165) is 43.2 Å². The fraction of sp³-hybridized carbons (Fsp3) is 0.471. The van der Waals surface area contributed by atoms with E-state index in [-0.39, 0.29) is 6.04 Å². The first-order chi connectivity index (χ1) is 10.2. The Balaban J connectivity index is 2.17. The monoisotopic (exact) mass is 305 g/mol. The molecule has 1 heterocycles. The van der Waals surface area contributed by atoms with Crippen molar-refractivity contribution in [2.45, 2.75) is 45.7 Å². The van der Waals surface area contributed by atoms with Crippen molar-refractivity contribution in [1.82, 2.24) is 14.9 Å². The lowest BCUT2D eigenvalue weighted by Gasteiger charge is -2.19. The summed E-state index contributed by atoms with van der Waals surface area (Å²) in [5.41, 5.74) is 1.22. The summed E-state index contributed by atoms with van der Waals surface area (Å²) < 4.78 is 2.24. The third-order valence-electron chi connectivity index (χ3n) is 3.54. The molecule has 1 atom stereocenters. The summed E-state index contributed by atoms with van der Waals surface area (Å²) in [4.78, 5) is 4.52. The van der Waals surface area contributed by atoms with E-state index in [1.807, 2.05) is 24.4 Å². The number of halogens is 1. The molecule has 3 nitrogen and oxygen atoms in total. The summed E-state index contributed by atoms with van der Waals surface area (Å²) in [7, 11) is 0. The molecule has 1 aromatic carbocycles. The summed E-state index contributed by atoms with van der Waals surface area (Å²) >= 11 is 6.14. The lowest BCUT2D eigenvalue weighted by atomic mass is 10.0. The van der Waals surface area contributed by atoms with Crippen LogP contribution in [0.2, 0.25) is 5.02 Å². The minimum atomic E-state index is 0.252. The standard InChI is InChI=1S/C17H24ClN3/c1-3-8-19-16(14-6-5-7-15(18)12-14)13-17-20-9-11-21(17)10-4-2/h5-7,9,11-12,16,19H,3-4,8,10,13H2,1-2H3. The Morgan fingerprint density at radius 1 is 1.29 bits per heavy atom. The van der Waals surface area contributed by atoms with Gasteiger partial charge in [-0.2, -0.15) is 0 Å². The lowest BCUT2D eigenvalue weighted by molar-refractivity contribution is 0.502. The van der Waals surface area contributed by atoms with Crippen molar-refractivity contribution in [2.24, 2.45) is 0 Å². The molecule has 114 valence electrons. The van der Waals surface area contributed by atoms with Gasteiger partial charge in [0.05, 0.1) is 0 Å². The van der Waals surface area contributed by atoms with E-state index in [1.54, 1.807) is 0 Å². The Morgan fingerprint density at radius 3 is 2.86 bits per heavy atom. The van der Waals surface area contributed by atoms with Crippen molar-refractivity contribution in [3.05, 3.63) is 53.1 Å². The highest BCUT2D eigenvalue weighted by Gasteiger charge is 2.15. The molecule has 0 saturated carbocycles. The first kappa shape index (κ1) is 16.1. The first-order valence-corrected chi connectivity index (χ1v) is 8.11. The number of rotatable bonds is 8. The summed E-state index contributed by atoms with van der Waals surface area (Å²) in [6.07, 6.45) is 7.06. The third kappa shape index (κ3) is 4.58. The number of hydrogen-bond acceptors (Lipinski definition) is 2. The molecule has 2 aromatic rings. The molecule has 2 rings (SSSR count). The van der Waals surface area contributed by atoms with Gasteiger partial charge in [-0.15, -0.1) is 0 Å². The molecule has 0 fully saturated rings. The van der Waals surface area contributed by atoms with Gasteiger partial charge in [-0.25, -0.2) is 4.98 Å². The molecule has 0 spiro atoms. The van der Waals surface area contributed by atoms with Crippen LogP contribution in [0, 0.1) is 0 Å². The number of imidazole rings is 1. The Labute approximate surface area is 132 Å². The van der Waals surface area contributed by atoms with Crippen molar-refractivity contribution >= 4 is 11.6 Å². The molecule has 1 aromatic heterocycles. The average molecular weight is 306 g/mol. The number of nitrogens with zero attached hydrogens (tertiary/aromatic N) is 2. The molecule has 1 N–H and O–H groups in total. The lowest BCUT2D eigenvalue weighted by Crippen LogP contribution is -2.25. The highest BCUT2D eigenvalue weighted by atomic mass is 35.5. The van der Waals surface area contributed by atoms with Crippen molar-refractivity contribution < 1.29 is 0 Å². The zero-order chi connectivity index (χ0) is 15.1. The smallest absolute Gasteiger partial charge is 0.110 e. The minimum Gasteiger partial charge on any atom is -0.335 e. The van der Waals surface area contributed by atoms with Gasteiger partial charge in [0.1, 0.15) is 5.82 Å². The number of hydrogen-bond donors (Lipinski definition) is 1. The summed E-state index contributed by atoms with van der Waals surface area (Å²) in [6.45, 7) is 6.38. The van der Waals surface area contributed by atoms with E-state index < -0.39 is 0 Å². The van der Waals surface area contributed by atoms with Gasteiger partial charge in [-0.1, -0.05) is 37.6 Å². The SMILES string of the molecule is CCCNC(Cc1nccn1CCC)c1cccc(Cl)c1. The maximum absolute atomic E-state index is 6.14. The second-order valence-electron chi connectivity index (χ2n) is 5.30. The van der Waals surface area contributed by atoms with Gasteiger partial charge < -0.3 is 9.88 Å². The largest absolute Gasteiger partial charge is 0.335 e. The Hall–Kier alpha value is -1.32. The van der Waals surface area contributed by atoms with Crippen LogP contribution in [0.5, 0.6) is 0 Å². The average Bonchev–Trinajstić information content (AvgIpc) is 2.91. The van der Waals surface area contributed by atoms with Crippen molar-refractivity contribution in [3.8, 4) is 0 Å². The molecule has 0 aliphatic heterocycles. The Bertz CT molecular complexity index is 550. The van der Waals surface area contributed by atoms with Gasteiger partial charge >= 0.3 is 0 Å². The molecule has 21 heavy (non-hydrogen) atoms. The van der Waals surface area contributed by atoms with Gasteiger partial charge in [0, 0.05) is 36.4 Å². The van der Waals surface area contributed by atoms with Gasteiger partial charge in [0.2, 0.25) is 0 Å². The topological polar surface area (TPSA) is 29.9 Å². The first-order valence-electron chi connectivity index (χ1n) is 7.73. The highest BCUT2D eigenvalue weighted by molar-refractivity contribution is 6.30. The number of benzene rings is 1. The van der Waals surface area contributed by atoms with Crippen LogP contribution in [0.25, 0.3) is 0 Å². The zero-order valence-corrected chi connectivity index (χ0v) is 13.6. The maximum atomic E-state index is 6.14. The van der Waals surface area contributed by atoms with E-state index in [2.05, 4.69) is 41.0 Å². The van der Waals surface area contributed by atoms with E-state index >= 15 is 0 Å². The van der Waals surface area contributed by atoms with E-state index in [0.29, 0.717) is 0 Å². The third-order valence-corrected chi connectivity index (χ3v) is 3.78. The van der Waals surface area contributed by atoms with Crippen LogP contribution in [-0.4, -0.2) is 16.1 Å². The van der Waals surface area contributed by atoms with Crippen LogP contribution < -0.4 is 5.32 Å². The van der Waals surface area contributed by atoms with Crippen LogP contribution in [0.15, 0.2) is 36.7 Å². The van der Waals surface area contributed by atoms with Crippen LogP contribution in [0.3, 0.4) is 0 Å². The highest BCUT2D eigenvalue weighted by Crippen LogP contribution is 2.21. The number of aromatic nitrogens is 2. The molecule has 0 bridgehead atoms. The van der Waals surface area contributed by atoms with Crippen LogP contribution in [0.1, 0.15) is 44.1 Å². The fourth-order valence-electron chi connectivity index (χ4n) is 2.51. The quantitative estimate of drug-likeness (QED) is 0.791. The van der Waals surface area contributed by atoms with Crippen LogP contribution in [-0.2, 0) is 13.0 Å². The molecule has 0 radical (unpaired) electrons. The molecule has 1 unspecified atom stereocenters.